The van der Waals surface area contributed by atoms with Crippen molar-refractivity contribution in [1.82, 2.24) is 5.01 Å². The molecule has 2 aliphatic rings. The first-order valence-corrected chi connectivity index (χ1v) is 10.3. The summed E-state index contributed by atoms with van der Waals surface area (Å²) in [5, 5.41) is 6.21. The van der Waals surface area contributed by atoms with Gasteiger partial charge in [-0.1, -0.05) is 0 Å². The van der Waals surface area contributed by atoms with Crippen LogP contribution in [0.15, 0.2) is 52.2 Å². The van der Waals surface area contributed by atoms with Gasteiger partial charge in [-0.25, -0.2) is 5.01 Å². The zero-order valence-electron chi connectivity index (χ0n) is 17.0. The van der Waals surface area contributed by atoms with E-state index in [0.29, 0.717) is 18.7 Å². The molecule has 0 aliphatic carbocycles. The molecule has 0 radical (unpaired) electrons. The Kier molecular flexibility index (Phi) is 5.85. The Labute approximate surface area is 175 Å². The first kappa shape index (κ1) is 20.2. The predicted molar refractivity (Wildman–Crippen MR) is 110 cm³/mol. The average Bonchev–Trinajstić information content (AvgIpc) is 3.44. The molecule has 2 amide bonds. The summed E-state index contributed by atoms with van der Waals surface area (Å²) in [5.41, 5.74) is 7.26. The van der Waals surface area contributed by atoms with Crippen LogP contribution in [0.5, 0.6) is 5.75 Å². The Morgan fingerprint density at radius 2 is 2.10 bits per heavy atom. The normalized spacial score (nSPS) is 23.8. The van der Waals surface area contributed by atoms with Crippen LogP contribution in [0.2, 0.25) is 0 Å². The van der Waals surface area contributed by atoms with Crippen molar-refractivity contribution in [2.45, 2.75) is 25.3 Å². The van der Waals surface area contributed by atoms with E-state index in [2.05, 4.69) is 5.10 Å². The molecule has 4 rings (SSSR count). The van der Waals surface area contributed by atoms with Crippen LogP contribution in [0.1, 0.15) is 36.6 Å². The molecule has 3 N–H and O–H groups in total. The highest BCUT2D eigenvalue weighted by Gasteiger charge is 2.37. The Morgan fingerprint density at radius 3 is 2.77 bits per heavy atom. The maximum absolute atomic E-state index is 13.2. The molecule has 8 nitrogen and oxygen atoms in total. The minimum absolute atomic E-state index is 0.0833. The number of nitrogens with two attached hydrogens (primary N) is 1. The fourth-order valence-corrected chi connectivity index (χ4v) is 4.25. The van der Waals surface area contributed by atoms with Gasteiger partial charge >= 0.3 is 0 Å². The molecular weight excluding hydrogens is 384 g/mol. The standard InChI is InChI=1S/C22H26N4O4/c1-29-17-8-6-15(7-9-17)18-12-19(20-5-3-11-30-20)26(24-18)21(27)14-25-10-2-4-16(13-25)22(23)28/h3,5-9,11,16,19H,2,4,10,12-14H2,1H3,(H2,23,28)/p+1/t16-,19+/m0/s1. The van der Waals surface area contributed by atoms with Crippen LogP contribution < -0.4 is 15.4 Å². The Bertz CT molecular complexity index is 923. The van der Waals surface area contributed by atoms with Gasteiger partial charge in [0.2, 0.25) is 5.91 Å². The fourth-order valence-electron chi connectivity index (χ4n) is 4.25. The number of likely N-dealkylation sites (tertiary alicyclic amines) is 1. The van der Waals surface area contributed by atoms with Crippen molar-refractivity contribution in [3.05, 3.63) is 54.0 Å². The third-order valence-electron chi connectivity index (χ3n) is 5.88. The third-order valence-corrected chi connectivity index (χ3v) is 5.88. The molecule has 158 valence electrons. The van der Waals surface area contributed by atoms with Gasteiger partial charge in [-0.05, 0) is 54.8 Å². The highest BCUT2D eigenvalue weighted by atomic mass is 16.5. The van der Waals surface area contributed by atoms with Crippen LogP contribution >= 0.6 is 0 Å². The summed E-state index contributed by atoms with van der Waals surface area (Å²) >= 11 is 0. The van der Waals surface area contributed by atoms with Crippen LogP contribution in [0.25, 0.3) is 0 Å². The monoisotopic (exact) mass is 411 g/mol. The molecule has 8 heteroatoms. The number of carbonyl (C=O) groups is 2. The van der Waals surface area contributed by atoms with Gasteiger partial charge in [-0.2, -0.15) is 5.10 Å². The van der Waals surface area contributed by atoms with Crippen LogP contribution in [0.4, 0.5) is 0 Å². The topological polar surface area (TPSA) is 103 Å². The van der Waals surface area contributed by atoms with Gasteiger partial charge in [0.15, 0.2) is 6.54 Å². The lowest BCUT2D eigenvalue weighted by molar-refractivity contribution is -0.899. The maximum Gasteiger partial charge on any atom is 0.298 e. The highest BCUT2D eigenvalue weighted by molar-refractivity contribution is 6.03. The number of piperidine rings is 1. The Morgan fingerprint density at radius 1 is 1.30 bits per heavy atom. The molecule has 0 bridgehead atoms. The van der Waals surface area contributed by atoms with Gasteiger partial charge in [0.25, 0.3) is 5.91 Å². The van der Waals surface area contributed by atoms with Crippen LogP contribution in [-0.2, 0) is 9.59 Å². The number of carbonyl (C=O) groups excluding carboxylic acids is 2. The number of nitrogens with zero attached hydrogens (tertiary/aromatic N) is 2. The SMILES string of the molecule is COc1ccc(C2=NN(C(=O)C[NH+]3CCC[C@H](C(N)=O)C3)[C@@H](c3ccco3)C2)cc1. The summed E-state index contributed by atoms with van der Waals surface area (Å²) < 4.78 is 10.8. The smallest absolute Gasteiger partial charge is 0.298 e. The van der Waals surface area contributed by atoms with E-state index in [1.54, 1.807) is 18.4 Å². The van der Waals surface area contributed by atoms with Crippen molar-refractivity contribution >= 4 is 17.5 Å². The Balaban J connectivity index is 1.53. The van der Waals surface area contributed by atoms with Crippen molar-refractivity contribution in [3.63, 3.8) is 0 Å². The van der Waals surface area contributed by atoms with E-state index in [4.69, 9.17) is 14.9 Å². The number of ether oxygens (including phenoxy) is 1. The van der Waals surface area contributed by atoms with E-state index < -0.39 is 0 Å². The van der Waals surface area contributed by atoms with Crippen molar-refractivity contribution < 1.29 is 23.6 Å². The van der Waals surface area contributed by atoms with Crippen molar-refractivity contribution in [2.24, 2.45) is 16.8 Å². The van der Waals surface area contributed by atoms with Crippen LogP contribution in [0, 0.1) is 5.92 Å². The maximum atomic E-state index is 13.2. The quantitative estimate of drug-likeness (QED) is 0.732. The van der Waals surface area contributed by atoms with Gasteiger partial charge < -0.3 is 19.8 Å². The molecule has 30 heavy (non-hydrogen) atoms. The minimum Gasteiger partial charge on any atom is -0.497 e. The van der Waals surface area contributed by atoms with E-state index in [9.17, 15) is 9.59 Å². The molecule has 2 aromatic rings. The molecule has 3 heterocycles. The molecule has 0 saturated carbocycles. The number of quaternary nitrogens is 1. The van der Waals surface area contributed by atoms with E-state index in [-0.39, 0.29) is 30.3 Å². The number of hydrogen-bond donors (Lipinski definition) is 2. The zero-order valence-corrected chi connectivity index (χ0v) is 17.0. The number of rotatable bonds is 6. The summed E-state index contributed by atoms with van der Waals surface area (Å²) in [6.45, 7) is 1.72. The van der Waals surface area contributed by atoms with E-state index in [0.717, 1.165) is 41.3 Å². The number of primary amides is 1. The molecule has 0 spiro atoms. The lowest BCUT2D eigenvalue weighted by atomic mass is 9.97. The zero-order chi connectivity index (χ0) is 21.1. The molecule has 1 aromatic carbocycles. The molecule has 1 fully saturated rings. The Hall–Kier alpha value is -3.13. The van der Waals surface area contributed by atoms with Crippen molar-refractivity contribution in [1.29, 1.82) is 0 Å². The number of hydrogen-bond acceptors (Lipinski definition) is 5. The number of methoxy groups -OCH3 is 1. The number of furan rings is 1. The summed E-state index contributed by atoms with van der Waals surface area (Å²) in [4.78, 5) is 25.8. The van der Waals surface area contributed by atoms with Crippen molar-refractivity contribution in [3.8, 4) is 5.75 Å². The van der Waals surface area contributed by atoms with Gasteiger partial charge in [0.05, 0.1) is 38.1 Å². The van der Waals surface area contributed by atoms with E-state index in [1.165, 1.54) is 0 Å². The van der Waals surface area contributed by atoms with Gasteiger partial charge in [-0.3, -0.25) is 9.59 Å². The minimum atomic E-state index is -0.283. The summed E-state index contributed by atoms with van der Waals surface area (Å²) in [7, 11) is 1.63. The van der Waals surface area contributed by atoms with Crippen LogP contribution in [-0.4, -0.2) is 49.3 Å². The first-order valence-electron chi connectivity index (χ1n) is 10.3. The molecular formula is C22H27N4O4+. The number of benzene rings is 1. The third kappa shape index (κ3) is 4.23. The fraction of sp³-hybridized carbons (Fsp3) is 0.409. The molecule has 3 atom stereocenters. The second-order valence-corrected chi connectivity index (χ2v) is 7.87. The van der Waals surface area contributed by atoms with Crippen molar-refractivity contribution in [2.75, 3.05) is 26.7 Å². The lowest BCUT2D eigenvalue weighted by Gasteiger charge is -2.29. The summed E-state index contributed by atoms with van der Waals surface area (Å²) in [6.07, 6.45) is 3.87. The molecule has 2 aliphatic heterocycles. The number of nitrogens with one attached hydrogen (secondary N) is 1. The molecule has 1 aromatic heterocycles. The number of amides is 2. The predicted octanol–water partition coefficient (Wildman–Crippen LogP) is 0.746. The van der Waals surface area contributed by atoms with E-state index in [1.807, 2.05) is 36.4 Å². The van der Waals surface area contributed by atoms with E-state index >= 15 is 0 Å². The lowest BCUT2D eigenvalue weighted by Crippen LogP contribution is -3.14. The number of hydrazone groups is 1. The van der Waals surface area contributed by atoms with Gasteiger partial charge in [0.1, 0.15) is 17.6 Å². The first-order chi connectivity index (χ1) is 14.5. The largest absolute Gasteiger partial charge is 0.497 e. The summed E-state index contributed by atoms with van der Waals surface area (Å²) in [6, 6.07) is 11.1. The van der Waals surface area contributed by atoms with Crippen LogP contribution in [0.3, 0.4) is 0 Å². The summed E-state index contributed by atoms with van der Waals surface area (Å²) in [5.74, 6) is 0.943. The second kappa shape index (κ2) is 8.71. The second-order valence-electron chi connectivity index (χ2n) is 7.87. The highest BCUT2D eigenvalue weighted by Crippen LogP contribution is 2.33. The van der Waals surface area contributed by atoms with Gasteiger partial charge in [-0.15, -0.1) is 0 Å². The average molecular weight is 411 g/mol. The molecule has 1 saturated heterocycles. The van der Waals surface area contributed by atoms with Gasteiger partial charge in [0, 0.05) is 6.42 Å². The molecule has 1 unspecified atom stereocenters.